The van der Waals surface area contributed by atoms with Crippen molar-refractivity contribution in [3.8, 4) is 22.7 Å². The molecule has 7 nitrogen and oxygen atoms in total. The first-order chi connectivity index (χ1) is 13.0. The van der Waals surface area contributed by atoms with Gasteiger partial charge < -0.3 is 14.6 Å². The van der Waals surface area contributed by atoms with Gasteiger partial charge in [-0.05, 0) is 46.3 Å². The lowest BCUT2D eigenvalue weighted by atomic mass is 10.1. The van der Waals surface area contributed by atoms with Crippen molar-refractivity contribution in [3.63, 3.8) is 0 Å². The van der Waals surface area contributed by atoms with Gasteiger partial charge in [-0.1, -0.05) is 18.2 Å². The van der Waals surface area contributed by atoms with E-state index in [9.17, 15) is 14.7 Å². The number of rotatable bonds is 4. The number of aromatic hydroxyl groups is 1. The van der Waals surface area contributed by atoms with Crippen LogP contribution in [0.25, 0.3) is 16.9 Å². The fraction of sp³-hybridized carbons (Fsp3) is 0.105. The van der Waals surface area contributed by atoms with E-state index in [2.05, 4.69) is 21.0 Å². The highest BCUT2D eigenvalue weighted by atomic mass is 79.9. The van der Waals surface area contributed by atoms with Crippen molar-refractivity contribution < 1.29 is 24.2 Å². The minimum atomic E-state index is -0.729. The van der Waals surface area contributed by atoms with Crippen molar-refractivity contribution in [1.82, 2.24) is 9.78 Å². The lowest BCUT2D eigenvalue weighted by Crippen LogP contribution is -2.15. The zero-order valence-electron chi connectivity index (χ0n) is 14.5. The molecule has 0 bridgehead atoms. The third-order valence-corrected chi connectivity index (χ3v) is 4.52. The van der Waals surface area contributed by atoms with E-state index in [1.54, 1.807) is 30.3 Å². The summed E-state index contributed by atoms with van der Waals surface area (Å²) in [6.07, 6.45) is 0. The second-order valence-electron chi connectivity index (χ2n) is 5.47. The minimum Gasteiger partial charge on any atom is -0.508 e. The van der Waals surface area contributed by atoms with Crippen LogP contribution in [0.5, 0.6) is 5.75 Å². The maximum Gasteiger partial charge on any atom is 0.357 e. The van der Waals surface area contributed by atoms with Gasteiger partial charge in [0.1, 0.15) is 17.0 Å². The molecule has 0 radical (unpaired) electrons. The van der Waals surface area contributed by atoms with Crippen molar-refractivity contribution in [2.75, 3.05) is 14.2 Å². The number of hydrogen-bond donors (Lipinski definition) is 1. The van der Waals surface area contributed by atoms with Crippen LogP contribution < -0.4 is 0 Å². The standard InChI is InChI=1S/C19H15BrN2O5/c1-26-18(24)15-16(13-9-8-12(23)10-14(13)20)21-22(17(15)19(25)27-2)11-6-4-3-5-7-11/h3-10,23H,1-2H3. The molecule has 3 aromatic rings. The quantitative estimate of drug-likeness (QED) is 0.636. The highest BCUT2D eigenvalue weighted by Gasteiger charge is 2.31. The van der Waals surface area contributed by atoms with Crippen molar-refractivity contribution >= 4 is 27.9 Å². The van der Waals surface area contributed by atoms with E-state index in [0.717, 1.165) is 0 Å². The van der Waals surface area contributed by atoms with Gasteiger partial charge in [0.25, 0.3) is 0 Å². The maximum atomic E-state index is 12.5. The number of carbonyl (C=O) groups is 2. The molecule has 0 fully saturated rings. The molecule has 0 atom stereocenters. The van der Waals surface area contributed by atoms with Crippen LogP contribution in [0.1, 0.15) is 20.8 Å². The summed E-state index contributed by atoms with van der Waals surface area (Å²) in [5.74, 6) is -1.42. The van der Waals surface area contributed by atoms with E-state index < -0.39 is 11.9 Å². The van der Waals surface area contributed by atoms with Gasteiger partial charge in [0.2, 0.25) is 0 Å². The normalized spacial score (nSPS) is 10.5. The summed E-state index contributed by atoms with van der Waals surface area (Å²) in [6.45, 7) is 0. The van der Waals surface area contributed by atoms with E-state index in [0.29, 0.717) is 15.7 Å². The smallest absolute Gasteiger partial charge is 0.357 e. The van der Waals surface area contributed by atoms with Crippen LogP contribution >= 0.6 is 15.9 Å². The monoisotopic (exact) mass is 430 g/mol. The number of hydrogen-bond acceptors (Lipinski definition) is 6. The van der Waals surface area contributed by atoms with Gasteiger partial charge >= 0.3 is 11.9 Å². The number of ether oxygens (including phenoxy) is 2. The van der Waals surface area contributed by atoms with Gasteiger partial charge in [-0.15, -0.1) is 0 Å². The number of benzene rings is 2. The number of para-hydroxylation sites is 1. The zero-order chi connectivity index (χ0) is 19.6. The Bertz CT molecular complexity index is 1010. The Balaban J connectivity index is 2.38. The van der Waals surface area contributed by atoms with Crippen LogP contribution in [-0.4, -0.2) is 41.0 Å². The average molecular weight is 431 g/mol. The third kappa shape index (κ3) is 3.43. The van der Waals surface area contributed by atoms with Gasteiger partial charge in [0.05, 0.1) is 19.9 Å². The van der Waals surface area contributed by atoms with Crippen LogP contribution in [0.4, 0.5) is 0 Å². The summed E-state index contributed by atoms with van der Waals surface area (Å²) in [5.41, 5.74) is 1.22. The van der Waals surface area contributed by atoms with Crippen LogP contribution in [0, 0.1) is 0 Å². The number of methoxy groups -OCH3 is 2. The van der Waals surface area contributed by atoms with Crippen molar-refractivity contribution in [1.29, 1.82) is 0 Å². The topological polar surface area (TPSA) is 90.6 Å². The molecule has 0 aliphatic carbocycles. The van der Waals surface area contributed by atoms with E-state index in [-0.39, 0.29) is 22.7 Å². The Morgan fingerprint density at radius 3 is 2.30 bits per heavy atom. The van der Waals surface area contributed by atoms with Crippen LogP contribution in [0.15, 0.2) is 53.0 Å². The number of phenolic OH excluding ortho intramolecular Hbond substituents is 1. The molecule has 8 heteroatoms. The molecule has 0 amide bonds. The summed E-state index contributed by atoms with van der Waals surface area (Å²) in [5, 5.41) is 14.1. The van der Waals surface area contributed by atoms with Gasteiger partial charge in [0, 0.05) is 10.0 Å². The largest absolute Gasteiger partial charge is 0.508 e. The molecule has 0 saturated carbocycles. The Morgan fingerprint density at radius 2 is 1.70 bits per heavy atom. The van der Waals surface area contributed by atoms with Crippen molar-refractivity contribution in [2.45, 2.75) is 0 Å². The number of aromatic nitrogens is 2. The number of nitrogens with zero attached hydrogens (tertiary/aromatic N) is 2. The predicted octanol–water partition coefficient (Wildman–Crippen LogP) is 3.58. The molecule has 27 heavy (non-hydrogen) atoms. The first-order valence-corrected chi connectivity index (χ1v) is 8.61. The van der Waals surface area contributed by atoms with Crippen LogP contribution in [-0.2, 0) is 9.47 Å². The molecular formula is C19H15BrN2O5. The Hall–Kier alpha value is -3.13. The van der Waals surface area contributed by atoms with Crippen LogP contribution in [0.3, 0.4) is 0 Å². The van der Waals surface area contributed by atoms with Crippen molar-refractivity contribution in [2.24, 2.45) is 0 Å². The second-order valence-corrected chi connectivity index (χ2v) is 6.32. The zero-order valence-corrected chi connectivity index (χ0v) is 16.1. The predicted molar refractivity (Wildman–Crippen MR) is 101 cm³/mol. The first kappa shape index (κ1) is 18.7. The summed E-state index contributed by atoms with van der Waals surface area (Å²) in [7, 11) is 2.45. The summed E-state index contributed by atoms with van der Waals surface area (Å²) >= 11 is 3.36. The Labute approximate surface area is 163 Å². The highest BCUT2D eigenvalue weighted by molar-refractivity contribution is 9.10. The number of carbonyl (C=O) groups excluding carboxylic acids is 2. The fourth-order valence-electron chi connectivity index (χ4n) is 2.64. The average Bonchev–Trinajstić information content (AvgIpc) is 3.07. The molecule has 0 unspecified atom stereocenters. The molecule has 3 rings (SSSR count). The molecular weight excluding hydrogens is 416 g/mol. The van der Waals surface area contributed by atoms with E-state index >= 15 is 0 Å². The van der Waals surface area contributed by atoms with Crippen LogP contribution in [0.2, 0.25) is 0 Å². The maximum absolute atomic E-state index is 12.5. The summed E-state index contributed by atoms with van der Waals surface area (Å²) in [6, 6.07) is 13.4. The molecule has 0 aliphatic heterocycles. The third-order valence-electron chi connectivity index (χ3n) is 3.86. The molecule has 1 aromatic heterocycles. The highest BCUT2D eigenvalue weighted by Crippen LogP contribution is 2.35. The molecule has 138 valence electrons. The Kier molecular flexibility index (Phi) is 5.27. The number of esters is 2. The first-order valence-electron chi connectivity index (χ1n) is 7.82. The fourth-order valence-corrected chi connectivity index (χ4v) is 3.19. The SMILES string of the molecule is COC(=O)c1c(-c2ccc(O)cc2Br)nn(-c2ccccc2)c1C(=O)OC. The second kappa shape index (κ2) is 7.63. The molecule has 0 spiro atoms. The number of phenols is 1. The minimum absolute atomic E-state index is 0.0282. The molecule has 1 heterocycles. The van der Waals surface area contributed by atoms with E-state index in [4.69, 9.17) is 9.47 Å². The van der Waals surface area contributed by atoms with Gasteiger partial charge in [-0.2, -0.15) is 5.10 Å². The van der Waals surface area contributed by atoms with Gasteiger partial charge in [-0.3, -0.25) is 0 Å². The molecule has 1 N–H and O–H groups in total. The van der Waals surface area contributed by atoms with E-state index in [1.165, 1.54) is 31.0 Å². The lowest BCUT2D eigenvalue weighted by Gasteiger charge is -2.07. The van der Waals surface area contributed by atoms with E-state index in [1.807, 2.05) is 6.07 Å². The lowest BCUT2D eigenvalue weighted by molar-refractivity contribution is 0.0549. The molecule has 2 aromatic carbocycles. The Morgan fingerprint density at radius 1 is 1.04 bits per heavy atom. The molecule has 0 aliphatic rings. The summed E-state index contributed by atoms with van der Waals surface area (Å²) < 4.78 is 11.6. The summed E-state index contributed by atoms with van der Waals surface area (Å²) in [4.78, 5) is 25.0. The van der Waals surface area contributed by atoms with Gasteiger partial charge in [-0.25, -0.2) is 14.3 Å². The van der Waals surface area contributed by atoms with Gasteiger partial charge in [0.15, 0.2) is 5.69 Å². The van der Waals surface area contributed by atoms with Crippen molar-refractivity contribution in [3.05, 3.63) is 64.3 Å². The molecule has 0 saturated heterocycles. The number of halogens is 1.